The van der Waals surface area contributed by atoms with Gasteiger partial charge in [-0.2, -0.15) is 0 Å². The van der Waals surface area contributed by atoms with E-state index in [9.17, 15) is 4.39 Å². The molecule has 1 aliphatic rings. The van der Waals surface area contributed by atoms with Crippen LogP contribution in [0.25, 0.3) is 0 Å². The molecule has 2 N–H and O–H groups in total. The first kappa shape index (κ1) is 12.6. The molecular weight excluding hydrogens is 243 g/mol. The largest absolute Gasteiger partial charge is 0.396 e. The highest BCUT2D eigenvalue weighted by atomic mass is 35.5. The monoisotopic (exact) mass is 258 g/mol. The lowest BCUT2D eigenvalue weighted by Gasteiger charge is -2.38. The molecule has 1 aromatic carbocycles. The first-order valence-electron chi connectivity index (χ1n) is 5.75. The first-order valence-corrected chi connectivity index (χ1v) is 6.13. The molecule has 1 atom stereocenters. The number of anilines is 1. The van der Waals surface area contributed by atoms with Gasteiger partial charge in [-0.15, -0.1) is 0 Å². The maximum atomic E-state index is 13.1. The van der Waals surface area contributed by atoms with Crippen LogP contribution >= 0.6 is 11.6 Å². The van der Waals surface area contributed by atoms with Crippen molar-refractivity contribution >= 4 is 17.3 Å². The molecule has 94 valence electrons. The SMILES string of the molecule is OCCC1CNCCN1c1ccc(F)c(Cl)c1. The van der Waals surface area contributed by atoms with E-state index < -0.39 is 5.82 Å². The Bertz CT molecular complexity index is 387. The minimum absolute atomic E-state index is 0.142. The highest BCUT2D eigenvalue weighted by molar-refractivity contribution is 6.31. The number of rotatable bonds is 3. The molecule has 0 aliphatic carbocycles. The lowest BCUT2D eigenvalue weighted by Crippen LogP contribution is -2.51. The maximum absolute atomic E-state index is 13.1. The number of nitrogens with one attached hydrogen (secondary N) is 1. The number of hydrogen-bond donors (Lipinski definition) is 2. The van der Waals surface area contributed by atoms with Crippen molar-refractivity contribution in [2.24, 2.45) is 0 Å². The number of benzene rings is 1. The summed E-state index contributed by atoms with van der Waals surface area (Å²) < 4.78 is 13.1. The fourth-order valence-corrected chi connectivity index (χ4v) is 2.35. The Hall–Kier alpha value is -0.840. The summed E-state index contributed by atoms with van der Waals surface area (Å²) in [6.07, 6.45) is 0.696. The Kier molecular flexibility index (Phi) is 4.20. The van der Waals surface area contributed by atoms with E-state index >= 15 is 0 Å². The van der Waals surface area contributed by atoms with Crippen LogP contribution in [0.2, 0.25) is 5.02 Å². The van der Waals surface area contributed by atoms with Crippen molar-refractivity contribution in [3.05, 3.63) is 29.0 Å². The Morgan fingerprint density at radius 1 is 1.53 bits per heavy atom. The normalized spacial score (nSPS) is 20.6. The Balaban J connectivity index is 2.20. The molecule has 2 rings (SSSR count). The van der Waals surface area contributed by atoms with E-state index in [1.165, 1.54) is 6.07 Å². The fraction of sp³-hybridized carbons (Fsp3) is 0.500. The number of aliphatic hydroxyl groups is 1. The van der Waals surface area contributed by atoms with Gasteiger partial charge in [-0.05, 0) is 24.6 Å². The molecule has 1 fully saturated rings. The van der Waals surface area contributed by atoms with Crippen LogP contribution in [0.15, 0.2) is 18.2 Å². The summed E-state index contributed by atoms with van der Waals surface area (Å²) in [5.41, 5.74) is 0.913. The Labute approximate surface area is 105 Å². The molecule has 0 radical (unpaired) electrons. The Morgan fingerprint density at radius 3 is 3.06 bits per heavy atom. The van der Waals surface area contributed by atoms with Crippen molar-refractivity contribution in [2.75, 3.05) is 31.1 Å². The molecule has 0 amide bonds. The highest BCUT2D eigenvalue weighted by Crippen LogP contribution is 2.25. The van der Waals surface area contributed by atoms with Gasteiger partial charge in [0.05, 0.1) is 5.02 Å². The third-order valence-corrected chi connectivity index (χ3v) is 3.34. The molecule has 0 aromatic heterocycles. The fourth-order valence-electron chi connectivity index (χ4n) is 2.17. The number of hydrogen-bond acceptors (Lipinski definition) is 3. The van der Waals surface area contributed by atoms with Crippen molar-refractivity contribution in [1.82, 2.24) is 5.32 Å². The quantitative estimate of drug-likeness (QED) is 0.865. The molecule has 1 aliphatic heterocycles. The summed E-state index contributed by atoms with van der Waals surface area (Å²) in [5.74, 6) is -0.399. The van der Waals surface area contributed by atoms with E-state index in [-0.39, 0.29) is 17.7 Å². The number of nitrogens with zero attached hydrogens (tertiary/aromatic N) is 1. The lowest BCUT2D eigenvalue weighted by molar-refractivity contribution is 0.266. The van der Waals surface area contributed by atoms with E-state index in [0.717, 1.165) is 25.3 Å². The molecule has 0 saturated carbocycles. The van der Waals surface area contributed by atoms with Gasteiger partial charge >= 0.3 is 0 Å². The molecule has 3 nitrogen and oxygen atoms in total. The standard InChI is InChI=1S/C12H16ClFN2O/c13-11-7-9(1-2-12(11)14)16-5-4-15-8-10(16)3-6-17/h1-2,7,10,15,17H,3-6,8H2. The van der Waals surface area contributed by atoms with Crippen LogP contribution < -0.4 is 10.2 Å². The second-order valence-corrected chi connectivity index (χ2v) is 4.57. The van der Waals surface area contributed by atoms with E-state index in [0.29, 0.717) is 6.42 Å². The summed E-state index contributed by atoms with van der Waals surface area (Å²) in [4.78, 5) is 2.16. The maximum Gasteiger partial charge on any atom is 0.141 e. The molecule has 1 heterocycles. The summed E-state index contributed by atoms with van der Waals surface area (Å²) in [7, 11) is 0. The highest BCUT2D eigenvalue weighted by Gasteiger charge is 2.22. The van der Waals surface area contributed by atoms with Crippen molar-refractivity contribution in [3.8, 4) is 0 Å². The van der Waals surface area contributed by atoms with Gasteiger partial charge in [0.1, 0.15) is 5.82 Å². The van der Waals surface area contributed by atoms with Crippen LogP contribution in [0.5, 0.6) is 0 Å². The van der Waals surface area contributed by atoms with Crippen molar-refractivity contribution < 1.29 is 9.50 Å². The van der Waals surface area contributed by atoms with Crippen LogP contribution in [-0.2, 0) is 0 Å². The van der Waals surface area contributed by atoms with E-state index in [1.807, 2.05) is 0 Å². The molecule has 0 bridgehead atoms. The van der Waals surface area contributed by atoms with Gasteiger partial charge in [0, 0.05) is 38.0 Å². The molecule has 1 aromatic rings. The van der Waals surface area contributed by atoms with Gasteiger partial charge in [0.2, 0.25) is 0 Å². The summed E-state index contributed by atoms with van der Waals surface area (Å²) >= 11 is 5.79. The van der Waals surface area contributed by atoms with Crippen molar-refractivity contribution in [1.29, 1.82) is 0 Å². The van der Waals surface area contributed by atoms with Gasteiger partial charge in [-0.25, -0.2) is 4.39 Å². The average molecular weight is 259 g/mol. The molecule has 17 heavy (non-hydrogen) atoms. The third kappa shape index (κ3) is 2.89. The molecule has 5 heteroatoms. The average Bonchev–Trinajstić information content (AvgIpc) is 2.34. The zero-order valence-electron chi connectivity index (χ0n) is 9.50. The zero-order valence-corrected chi connectivity index (χ0v) is 10.3. The second-order valence-electron chi connectivity index (χ2n) is 4.16. The lowest BCUT2D eigenvalue weighted by atomic mass is 10.1. The van der Waals surface area contributed by atoms with Crippen LogP contribution in [0.4, 0.5) is 10.1 Å². The predicted molar refractivity (Wildman–Crippen MR) is 67.1 cm³/mol. The van der Waals surface area contributed by atoms with E-state index in [4.69, 9.17) is 16.7 Å². The number of aliphatic hydroxyl groups excluding tert-OH is 1. The number of piperazine rings is 1. The summed E-state index contributed by atoms with van der Waals surface area (Å²) in [6, 6.07) is 4.99. The summed E-state index contributed by atoms with van der Waals surface area (Å²) in [5, 5.41) is 12.5. The van der Waals surface area contributed by atoms with Gasteiger partial charge in [-0.3, -0.25) is 0 Å². The molecular formula is C12H16ClFN2O. The van der Waals surface area contributed by atoms with Gasteiger partial charge in [-0.1, -0.05) is 11.6 Å². The van der Waals surface area contributed by atoms with E-state index in [1.54, 1.807) is 12.1 Å². The second kappa shape index (κ2) is 5.67. The van der Waals surface area contributed by atoms with Gasteiger partial charge < -0.3 is 15.3 Å². The van der Waals surface area contributed by atoms with Crippen molar-refractivity contribution in [3.63, 3.8) is 0 Å². The topological polar surface area (TPSA) is 35.5 Å². The van der Waals surface area contributed by atoms with Crippen LogP contribution in [0.3, 0.4) is 0 Å². The van der Waals surface area contributed by atoms with Crippen LogP contribution in [0, 0.1) is 5.82 Å². The minimum Gasteiger partial charge on any atom is -0.396 e. The van der Waals surface area contributed by atoms with E-state index in [2.05, 4.69) is 10.2 Å². The zero-order chi connectivity index (χ0) is 12.3. The molecule has 1 unspecified atom stereocenters. The molecule has 1 saturated heterocycles. The van der Waals surface area contributed by atoms with Gasteiger partial charge in [0.25, 0.3) is 0 Å². The first-order chi connectivity index (χ1) is 8.22. The van der Waals surface area contributed by atoms with Gasteiger partial charge in [0.15, 0.2) is 0 Å². The third-order valence-electron chi connectivity index (χ3n) is 3.05. The predicted octanol–water partition coefficient (Wildman–Crippen LogP) is 1.64. The molecule has 0 spiro atoms. The Morgan fingerprint density at radius 2 is 2.35 bits per heavy atom. The number of halogens is 2. The smallest absolute Gasteiger partial charge is 0.141 e. The minimum atomic E-state index is -0.399. The van der Waals surface area contributed by atoms with Crippen LogP contribution in [0.1, 0.15) is 6.42 Å². The summed E-state index contributed by atoms with van der Waals surface area (Å²) in [6.45, 7) is 2.71. The van der Waals surface area contributed by atoms with Crippen molar-refractivity contribution in [2.45, 2.75) is 12.5 Å². The van der Waals surface area contributed by atoms with Crippen LogP contribution in [-0.4, -0.2) is 37.4 Å².